The summed E-state index contributed by atoms with van der Waals surface area (Å²) in [6, 6.07) is 9.56. The van der Waals surface area contributed by atoms with Crippen molar-refractivity contribution in [1.29, 1.82) is 0 Å². The Hall–Kier alpha value is -3.79. The molecule has 5 aromatic rings. The molecule has 1 amide bonds. The lowest BCUT2D eigenvalue weighted by molar-refractivity contribution is 0.102. The van der Waals surface area contributed by atoms with Crippen LogP contribution in [0.1, 0.15) is 28.5 Å². The molecule has 0 saturated carbocycles. The number of aryl methyl sites for hydroxylation is 2. The van der Waals surface area contributed by atoms with E-state index in [0.29, 0.717) is 23.4 Å². The number of carbonyl (C=O) groups is 1. The van der Waals surface area contributed by atoms with Crippen molar-refractivity contribution in [2.75, 3.05) is 5.32 Å². The minimum atomic E-state index is -0.269. The van der Waals surface area contributed by atoms with Gasteiger partial charge in [0.1, 0.15) is 5.56 Å². The average Bonchev–Trinajstić information content (AvgIpc) is 3.52. The van der Waals surface area contributed by atoms with Crippen molar-refractivity contribution in [3.05, 3.63) is 82.6 Å². The van der Waals surface area contributed by atoms with Gasteiger partial charge in [0.15, 0.2) is 5.65 Å². The highest BCUT2D eigenvalue weighted by molar-refractivity contribution is 9.10. The summed E-state index contributed by atoms with van der Waals surface area (Å²) in [5.41, 5.74) is 5.30. The molecule has 0 aliphatic carbocycles. The SMILES string of the molecule is CCn1cc(-c2ccnc3c(C(=O)Nc4cccc(Cn5cc(Br)cn5)c4)cnn23)c(C)n1. The fraction of sp³-hybridized carbons (Fsp3) is 0.174. The van der Waals surface area contributed by atoms with Gasteiger partial charge >= 0.3 is 0 Å². The molecule has 4 heterocycles. The number of hydrogen-bond acceptors (Lipinski definition) is 5. The number of rotatable bonds is 6. The zero-order valence-corrected chi connectivity index (χ0v) is 19.7. The van der Waals surface area contributed by atoms with Gasteiger partial charge in [-0.1, -0.05) is 12.1 Å². The van der Waals surface area contributed by atoms with E-state index in [1.165, 1.54) is 0 Å². The van der Waals surface area contributed by atoms with Gasteiger partial charge in [0.05, 0.1) is 34.8 Å². The molecule has 0 spiro atoms. The summed E-state index contributed by atoms with van der Waals surface area (Å²) in [5, 5.41) is 16.2. The molecule has 0 fully saturated rings. The normalized spacial score (nSPS) is 11.2. The first-order chi connectivity index (χ1) is 16.0. The molecule has 33 heavy (non-hydrogen) atoms. The predicted molar refractivity (Wildman–Crippen MR) is 128 cm³/mol. The van der Waals surface area contributed by atoms with Crippen molar-refractivity contribution in [2.24, 2.45) is 0 Å². The second kappa shape index (κ2) is 8.62. The van der Waals surface area contributed by atoms with Gasteiger partial charge in [-0.3, -0.25) is 14.2 Å². The first-order valence-corrected chi connectivity index (χ1v) is 11.3. The summed E-state index contributed by atoms with van der Waals surface area (Å²) in [5.74, 6) is -0.269. The zero-order valence-electron chi connectivity index (χ0n) is 18.1. The number of fused-ring (bicyclic) bond motifs is 1. The molecular formula is C23H21BrN8O. The number of halogens is 1. The van der Waals surface area contributed by atoms with Crippen LogP contribution in [0.4, 0.5) is 5.69 Å². The van der Waals surface area contributed by atoms with E-state index in [4.69, 9.17) is 0 Å². The molecule has 0 unspecified atom stereocenters. The second-order valence-electron chi connectivity index (χ2n) is 7.62. The largest absolute Gasteiger partial charge is 0.322 e. The van der Waals surface area contributed by atoms with E-state index in [1.54, 1.807) is 23.1 Å². The minimum Gasteiger partial charge on any atom is -0.322 e. The van der Waals surface area contributed by atoms with Crippen LogP contribution in [0.2, 0.25) is 0 Å². The highest BCUT2D eigenvalue weighted by Gasteiger charge is 2.18. The number of nitrogens with one attached hydrogen (secondary N) is 1. The van der Waals surface area contributed by atoms with Gasteiger partial charge in [-0.05, 0) is 53.5 Å². The van der Waals surface area contributed by atoms with E-state index in [9.17, 15) is 4.79 Å². The van der Waals surface area contributed by atoms with E-state index in [0.717, 1.165) is 33.5 Å². The highest BCUT2D eigenvalue weighted by atomic mass is 79.9. The molecule has 0 aliphatic heterocycles. The monoisotopic (exact) mass is 504 g/mol. The average molecular weight is 505 g/mol. The van der Waals surface area contributed by atoms with Crippen molar-refractivity contribution >= 4 is 33.2 Å². The molecule has 0 atom stereocenters. The van der Waals surface area contributed by atoms with Crippen LogP contribution in [0.3, 0.4) is 0 Å². The summed E-state index contributed by atoms with van der Waals surface area (Å²) >= 11 is 3.40. The molecule has 10 heteroatoms. The van der Waals surface area contributed by atoms with Gasteiger partial charge in [0, 0.05) is 36.4 Å². The molecular weight excluding hydrogens is 484 g/mol. The maximum atomic E-state index is 13.1. The Balaban J connectivity index is 1.41. The second-order valence-corrected chi connectivity index (χ2v) is 8.53. The van der Waals surface area contributed by atoms with Gasteiger partial charge in [0.2, 0.25) is 0 Å². The number of amides is 1. The molecule has 0 radical (unpaired) electrons. The van der Waals surface area contributed by atoms with Crippen LogP contribution in [-0.2, 0) is 13.1 Å². The molecule has 166 valence electrons. The number of hydrogen-bond donors (Lipinski definition) is 1. The number of aromatic nitrogens is 7. The third-order valence-corrected chi connectivity index (χ3v) is 5.73. The number of nitrogens with zero attached hydrogens (tertiary/aromatic N) is 7. The Morgan fingerprint density at radius 2 is 2.00 bits per heavy atom. The Bertz CT molecular complexity index is 1460. The summed E-state index contributed by atoms with van der Waals surface area (Å²) in [7, 11) is 0. The maximum absolute atomic E-state index is 13.1. The fourth-order valence-electron chi connectivity index (χ4n) is 3.74. The Morgan fingerprint density at radius 1 is 1.12 bits per heavy atom. The molecule has 4 aromatic heterocycles. The van der Waals surface area contributed by atoms with Crippen molar-refractivity contribution in [1.82, 2.24) is 34.2 Å². The third-order valence-electron chi connectivity index (χ3n) is 5.32. The van der Waals surface area contributed by atoms with Crippen LogP contribution in [0.15, 0.2) is 65.8 Å². The lowest BCUT2D eigenvalue weighted by Gasteiger charge is -2.08. The fourth-order valence-corrected chi connectivity index (χ4v) is 4.07. The van der Waals surface area contributed by atoms with Gasteiger partial charge in [-0.25, -0.2) is 9.50 Å². The van der Waals surface area contributed by atoms with Crippen LogP contribution >= 0.6 is 15.9 Å². The van der Waals surface area contributed by atoms with Crippen molar-refractivity contribution in [3.63, 3.8) is 0 Å². The van der Waals surface area contributed by atoms with E-state index in [-0.39, 0.29) is 5.91 Å². The summed E-state index contributed by atoms with van der Waals surface area (Å²) in [6.45, 7) is 5.37. The summed E-state index contributed by atoms with van der Waals surface area (Å²) in [4.78, 5) is 17.5. The Morgan fingerprint density at radius 3 is 2.76 bits per heavy atom. The van der Waals surface area contributed by atoms with Crippen LogP contribution < -0.4 is 5.32 Å². The van der Waals surface area contributed by atoms with E-state index >= 15 is 0 Å². The Kier molecular flexibility index (Phi) is 5.51. The van der Waals surface area contributed by atoms with E-state index in [2.05, 4.69) is 41.5 Å². The highest BCUT2D eigenvalue weighted by Crippen LogP contribution is 2.24. The number of benzene rings is 1. The predicted octanol–water partition coefficient (Wildman–Crippen LogP) is 4.18. The molecule has 0 aliphatic rings. The standard InChI is InChI=1S/C23H21BrN8O/c1-3-30-14-20(15(2)29-30)21-7-8-25-22-19(11-27-32(21)22)23(33)28-18-6-4-5-16(9-18)12-31-13-17(24)10-26-31/h4-11,13-14H,3,12H2,1-2H3,(H,28,33). The number of carbonyl (C=O) groups excluding carboxylic acids is 1. The van der Waals surface area contributed by atoms with Crippen LogP contribution in [0, 0.1) is 6.92 Å². The van der Waals surface area contributed by atoms with Gasteiger partial charge in [-0.2, -0.15) is 15.3 Å². The third kappa shape index (κ3) is 4.17. The lowest BCUT2D eigenvalue weighted by Crippen LogP contribution is -2.12. The molecule has 1 N–H and O–H groups in total. The van der Waals surface area contributed by atoms with Gasteiger partial charge in [-0.15, -0.1) is 0 Å². The number of anilines is 1. The molecule has 9 nitrogen and oxygen atoms in total. The van der Waals surface area contributed by atoms with Crippen molar-refractivity contribution in [2.45, 2.75) is 26.9 Å². The van der Waals surface area contributed by atoms with Gasteiger partial charge < -0.3 is 5.32 Å². The topological polar surface area (TPSA) is 94.9 Å². The van der Waals surface area contributed by atoms with Crippen LogP contribution in [0.5, 0.6) is 0 Å². The first kappa shape index (κ1) is 21.1. The summed E-state index contributed by atoms with van der Waals surface area (Å²) < 4.78 is 6.31. The molecule has 1 aromatic carbocycles. The van der Waals surface area contributed by atoms with Crippen LogP contribution in [-0.4, -0.2) is 40.1 Å². The van der Waals surface area contributed by atoms with Crippen LogP contribution in [0.25, 0.3) is 16.9 Å². The van der Waals surface area contributed by atoms with E-state index in [1.807, 2.05) is 65.9 Å². The summed E-state index contributed by atoms with van der Waals surface area (Å²) in [6.07, 6.45) is 8.86. The minimum absolute atomic E-state index is 0.269. The van der Waals surface area contributed by atoms with Crippen molar-refractivity contribution in [3.8, 4) is 11.3 Å². The smallest absolute Gasteiger partial charge is 0.261 e. The van der Waals surface area contributed by atoms with E-state index < -0.39 is 0 Å². The maximum Gasteiger partial charge on any atom is 0.261 e. The zero-order chi connectivity index (χ0) is 22.9. The van der Waals surface area contributed by atoms with Gasteiger partial charge in [0.25, 0.3) is 5.91 Å². The molecule has 0 bridgehead atoms. The molecule has 0 saturated heterocycles. The quantitative estimate of drug-likeness (QED) is 0.374. The van der Waals surface area contributed by atoms with Crippen molar-refractivity contribution < 1.29 is 4.79 Å². The lowest BCUT2D eigenvalue weighted by atomic mass is 10.2. The molecule has 5 rings (SSSR count). The first-order valence-electron chi connectivity index (χ1n) is 10.5. The Labute approximate surface area is 198 Å².